The molecule has 0 radical (unpaired) electrons. The zero-order chi connectivity index (χ0) is 17.4. The Balaban J connectivity index is 1.80. The smallest absolute Gasteiger partial charge is 0.315 e. The lowest BCUT2D eigenvalue weighted by atomic mass is 10.0. The molecule has 0 aromatic heterocycles. The number of methoxy groups -OCH3 is 1. The van der Waals surface area contributed by atoms with Crippen molar-refractivity contribution in [1.82, 2.24) is 15.5 Å². The highest BCUT2D eigenvalue weighted by Crippen LogP contribution is 2.16. The number of benzene rings is 1. The average molecular weight is 335 g/mol. The van der Waals surface area contributed by atoms with Gasteiger partial charge in [0.1, 0.15) is 5.75 Å². The maximum atomic E-state index is 12.1. The molecule has 1 saturated heterocycles. The molecule has 0 spiro atoms. The average Bonchev–Trinajstić information content (AvgIpc) is 2.61. The van der Waals surface area contributed by atoms with Crippen molar-refractivity contribution in [3.8, 4) is 5.75 Å². The van der Waals surface area contributed by atoms with Crippen LogP contribution in [0.5, 0.6) is 5.75 Å². The second-order valence-corrected chi connectivity index (χ2v) is 6.34. The quantitative estimate of drug-likeness (QED) is 0.798. The van der Waals surface area contributed by atoms with Crippen LogP contribution in [0.4, 0.5) is 4.79 Å². The molecule has 1 aromatic rings. The van der Waals surface area contributed by atoms with Gasteiger partial charge in [-0.15, -0.1) is 0 Å². The Morgan fingerprint density at radius 2 is 1.96 bits per heavy atom. The monoisotopic (exact) mass is 335 g/mol. The van der Waals surface area contributed by atoms with E-state index in [9.17, 15) is 4.79 Å². The predicted molar refractivity (Wildman–Crippen MR) is 94.3 cm³/mol. The largest absolute Gasteiger partial charge is 0.496 e. The molecular weight excluding hydrogens is 306 g/mol. The summed E-state index contributed by atoms with van der Waals surface area (Å²) in [6, 6.07) is 7.86. The van der Waals surface area contributed by atoms with E-state index in [1.807, 2.05) is 24.3 Å². The van der Waals surface area contributed by atoms with E-state index in [1.54, 1.807) is 7.11 Å². The van der Waals surface area contributed by atoms with Crippen molar-refractivity contribution < 1.29 is 14.3 Å². The number of rotatable bonds is 7. The number of hydrogen-bond acceptors (Lipinski definition) is 4. The van der Waals surface area contributed by atoms with Gasteiger partial charge in [0.05, 0.1) is 20.3 Å². The third kappa shape index (κ3) is 5.39. The molecule has 1 fully saturated rings. The maximum Gasteiger partial charge on any atom is 0.315 e. The number of nitrogens with zero attached hydrogens (tertiary/aromatic N) is 1. The molecule has 2 rings (SSSR count). The molecule has 1 heterocycles. The van der Waals surface area contributed by atoms with Crippen LogP contribution in [0.2, 0.25) is 0 Å². The second-order valence-electron chi connectivity index (χ2n) is 6.34. The van der Waals surface area contributed by atoms with E-state index in [0.29, 0.717) is 25.0 Å². The first-order valence-electron chi connectivity index (χ1n) is 8.57. The Kier molecular flexibility index (Phi) is 7.34. The standard InChI is InChI=1S/C18H29N3O3/c1-14(2)16(21-8-10-24-11-9-21)13-20-18(22)19-12-15-6-4-5-7-17(15)23-3/h4-7,14,16H,8-13H2,1-3H3,(H2,19,20,22). The molecule has 1 unspecified atom stereocenters. The second kappa shape index (κ2) is 9.49. The molecule has 0 saturated carbocycles. The van der Waals surface area contributed by atoms with Crippen molar-refractivity contribution in [2.45, 2.75) is 26.4 Å². The van der Waals surface area contributed by atoms with Gasteiger partial charge in [0.25, 0.3) is 0 Å². The number of para-hydroxylation sites is 1. The Bertz CT molecular complexity index is 516. The molecule has 134 valence electrons. The molecule has 24 heavy (non-hydrogen) atoms. The number of carbonyl (C=O) groups is 1. The highest BCUT2D eigenvalue weighted by atomic mass is 16.5. The van der Waals surface area contributed by atoms with E-state index >= 15 is 0 Å². The number of nitrogens with one attached hydrogen (secondary N) is 2. The first-order chi connectivity index (χ1) is 11.6. The summed E-state index contributed by atoms with van der Waals surface area (Å²) in [6.45, 7) is 8.84. The molecule has 1 atom stereocenters. The molecule has 6 heteroatoms. The third-order valence-corrected chi connectivity index (χ3v) is 4.39. The van der Waals surface area contributed by atoms with Gasteiger partial charge in [-0.25, -0.2) is 4.79 Å². The van der Waals surface area contributed by atoms with Crippen molar-refractivity contribution in [2.75, 3.05) is 40.0 Å². The first kappa shape index (κ1) is 18.5. The number of morpholine rings is 1. The number of amides is 2. The molecule has 1 aliphatic heterocycles. The van der Waals surface area contributed by atoms with Crippen LogP contribution in [0.1, 0.15) is 19.4 Å². The SMILES string of the molecule is COc1ccccc1CNC(=O)NCC(C(C)C)N1CCOCC1. The topological polar surface area (TPSA) is 62.8 Å². The van der Waals surface area contributed by atoms with Crippen LogP contribution in [-0.2, 0) is 11.3 Å². The van der Waals surface area contributed by atoms with Crippen LogP contribution in [0, 0.1) is 5.92 Å². The number of hydrogen-bond donors (Lipinski definition) is 2. The van der Waals surface area contributed by atoms with Gasteiger partial charge in [-0.05, 0) is 12.0 Å². The zero-order valence-electron chi connectivity index (χ0n) is 14.9. The van der Waals surface area contributed by atoms with Gasteiger partial charge in [-0.1, -0.05) is 32.0 Å². The van der Waals surface area contributed by atoms with Gasteiger partial charge in [-0.2, -0.15) is 0 Å². The van der Waals surface area contributed by atoms with Gasteiger partial charge >= 0.3 is 6.03 Å². The van der Waals surface area contributed by atoms with Crippen LogP contribution in [0.3, 0.4) is 0 Å². The molecule has 2 N–H and O–H groups in total. The number of ether oxygens (including phenoxy) is 2. The van der Waals surface area contributed by atoms with Crippen LogP contribution in [0.25, 0.3) is 0 Å². The summed E-state index contributed by atoms with van der Waals surface area (Å²) in [7, 11) is 1.63. The van der Waals surface area contributed by atoms with Crippen LogP contribution in [0.15, 0.2) is 24.3 Å². The van der Waals surface area contributed by atoms with Gasteiger partial charge in [-0.3, -0.25) is 4.90 Å². The van der Waals surface area contributed by atoms with Crippen molar-refractivity contribution in [2.24, 2.45) is 5.92 Å². The fourth-order valence-electron chi connectivity index (χ4n) is 2.98. The van der Waals surface area contributed by atoms with E-state index in [1.165, 1.54) is 0 Å². The number of urea groups is 1. The predicted octanol–water partition coefficient (Wildman–Crippen LogP) is 1.85. The fraction of sp³-hybridized carbons (Fsp3) is 0.611. The van der Waals surface area contributed by atoms with Crippen LogP contribution < -0.4 is 15.4 Å². The molecule has 1 aromatic carbocycles. The summed E-state index contributed by atoms with van der Waals surface area (Å²) >= 11 is 0. The van der Waals surface area contributed by atoms with Gasteiger partial charge < -0.3 is 20.1 Å². The molecule has 0 aliphatic carbocycles. The third-order valence-electron chi connectivity index (χ3n) is 4.39. The molecule has 2 amide bonds. The highest BCUT2D eigenvalue weighted by molar-refractivity contribution is 5.73. The van der Waals surface area contributed by atoms with Crippen molar-refractivity contribution in [3.05, 3.63) is 29.8 Å². The Labute approximate surface area is 144 Å². The van der Waals surface area contributed by atoms with Gasteiger partial charge in [0.15, 0.2) is 0 Å². The Morgan fingerprint density at radius 3 is 2.62 bits per heavy atom. The lowest BCUT2D eigenvalue weighted by Gasteiger charge is -2.36. The minimum atomic E-state index is -0.153. The van der Waals surface area contributed by atoms with Crippen molar-refractivity contribution in [1.29, 1.82) is 0 Å². The highest BCUT2D eigenvalue weighted by Gasteiger charge is 2.24. The lowest BCUT2D eigenvalue weighted by molar-refractivity contribution is 0.00719. The van der Waals surface area contributed by atoms with E-state index in [2.05, 4.69) is 29.4 Å². The van der Waals surface area contributed by atoms with Crippen LogP contribution in [-0.4, -0.2) is 56.9 Å². The molecule has 6 nitrogen and oxygen atoms in total. The van der Waals surface area contributed by atoms with E-state index in [4.69, 9.17) is 9.47 Å². The summed E-state index contributed by atoms with van der Waals surface area (Å²) in [6.07, 6.45) is 0. The molecular formula is C18H29N3O3. The summed E-state index contributed by atoms with van der Waals surface area (Å²) < 4.78 is 10.7. The van der Waals surface area contributed by atoms with E-state index < -0.39 is 0 Å². The normalized spacial score (nSPS) is 16.7. The first-order valence-corrected chi connectivity index (χ1v) is 8.57. The van der Waals surface area contributed by atoms with E-state index in [-0.39, 0.29) is 6.03 Å². The maximum absolute atomic E-state index is 12.1. The minimum absolute atomic E-state index is 0.153. The van der Waals surface area contributed by atoms with Crippen molar-refractivity contribution in [3.63, 3.8) is 0 Å². The van der Waals surface area contributed by atoms with Crippen molar-refractivity contribution >= 4 is 6.03 Å². The molecule has 0 bridgehead atoms. The Hall–Kier alpha value is -1.79. The fourth-order valence-corrected chi connectivity index (χ4v) is 2.98. The summed E-state index contributed by atoms with van der Waals surface area (Å²) in [5.41, 5.74) is 0.962. The molecule has 1 aliphatic rings. The van der Waals surface area contributed by atoms with E-state index in [0.717, 1.165) is 37.6 Å². The Morgan fingerprint density at radius 1 is 1.25 bits per heavy atom. The summed E-state index contributed by atoms with van der Waals surface area (Å²) in [5.74, 6) is 1.25. The summed E-state index contributed by atoms with van der Waals surface area (Å²) in [4.78, 5) is 14.5. The minimum Gasteiger partial charge on any atom is -0.496 e. The van der Waals surface area contributed by atoms with Crippen LogP contribution >= 0.6 is 0 Å². The summed E-state index contributed by atoms with van der Waals surface area (Å²) in [5, 5.41) is 5.89. The van der Waals surface area contributed by atoms with Gasteiger partial charge in [0.2, 0.25) is 0 Å². The lowest BCUT2D eigenvalue weighted by Crippen LogP contribution is -2.52. The zero-order valence-corrected chi connectivity index (χ0v) is 14.9. The van der Waals surface area contributed by atoms with Gasteiger partial charge in [0, 0.05) is 37.8 Å². The number of carbonyl (C=O) groups excluding carboxylic acids is 1.